The van der Waals surface area contributed by atoms with E-state index in [0.717, 1.165) is 11.4 Å². The molecule has 9 nitrogen and oxygen atoms in total. The summed E-state index contributed by atoms with van der Waals surface area (Å²) in [5.74, 6) is 0.493. The second-order valence-electron chi connectivity index (χ2n) is 6.16. The number of nitrogens with one attached hydrogen (secondary N) is 1. The average Bonchev–Trinajstić information content (AvgIpc) is 3.07. The Morgan fingerprint density at radius 1 is 1.25 bits per heavy atom. The average molecular weight is 381 g/mol. The first-order valence-corrected chi connectivity index (χ1v) is 8.50. The molecule has 0 aliphatic heterocycles. The Kier molecular flexibility index (Phi) is 5.75. The Morgan fingerprint density at radius 3 is 2.75 bits per heavy atom. The lowest BCUT2D eigenvalue weighted by Crippen LogP contribution is -2.03. The number of ether oxygens (including phenoxy) is 1. The normalized spacial score (nSPS) is 10.6. The number of nitrogens with zero attached hydrogens (tertiary/aromatic N) is 4. The maximum absolute atomic E-state index is 11.5. The fourth-order valence-electron chi connectivity index (χ4n) is 2.61. The lowest BCUT2D eigenvalue weighted by Gasteiger charge is -2.10. The quantitative estimate of drug-likeness (QED) is 0.361. The number of aryl methyl sites for hydroxylation is 1. The molecule has 0 radical (unpaired) electrons. The fraction of sp³-hybridized carbons (Fsp3) is 0.211. The molecule has 0 aliphatic carbocycles. The maximum Gasteiger partial charge on any atom is 0.293 e. The molecule has 0 amide bonds. The predicted molar refractivity (Wildman–Crippen MR) is 102 cm³/mol. The molecule has 9 heteroatoms. The smallest absolute Gasteiger partial charge is 0.293 e. The second-order valence-corrected chi connectivity index (χ2v) is 6.16. The van der Waals surface area contributed by atoms with Crippen LogP contribution >= 0.6 is 0 Å². The predicted octanol–water partition coefficient (Wildman–Crippen LogP) is 3.39. The number of carbonyl (C=O) groups is 1. The van der Waals surface area contributed by atoms with Crippen LogP contribution in [0.3, 0.4) is 0 Å². The standard InChI is InChI=1S/C19H19N5O4/c1-13(25)15-6-7-17(18(9-15)24(26)27)22-16-5-3-4-14(8-16)10-28-11-19-20-12-21-23(19)2/h3-9,12,22H,10-11H2,1-2H3. The third-order valence-electron chi connectivity index (χ3n) is 4.11. The number of anilines is 2. The van der Waals surface area contributed by atoms with Gasteiger partial charge < -0.3 is 10.1 Å². The zero-order valence-electron chi connectivity index (χ0n) is 15.5. The Morgan fingerprint density at radius 2 is 2.07 bits per heavy atom. The van der Waals surface area contributed by atoms with Crippen LogP contribution in [0.25, 0.3) is 0 Å². The van der Waals surface area contributed by atoms with E-state index in [-0.39, 0.29) is 11.5 Å². The summed E-state index contributed by atoms with van der Waals surface area (Å²) in [5.41, 5.74) is 2.03. The third-order valence-corrected chi connectivity index (χ3v) is 4.11. The van der Waals surface area contributed by atoms with Gasteiger partial charge in [0, 0.05) is 24.4 Å². The summed E-state index contributed by atoms with van der Waals surface area (Å²) in [6.07, 6.45) is 1.47. The molecule has 0 bridgehead atoms. The van der Waals surface area contributed by atoms with E-state index in [1.807, 2.05) is 18.2 Å². The van der Waals surface area contributed by atoms with Gasteiger partial charge in [0.2, 0.25) is 0 Å². The number of hydrogen-bond donors (Lipinski definition) is 1. The molecule has 0 fully saturated rings. The number of nitro groups is 1. The molecule has 3 aromatic rings. The first kappa shape index (κ1) is 19.2. The van der Waals surface area contributed by atoms with E-state index >= 15 is 0 Å². The molecule has 0 atom stereocenters. The molecule has 1 heterocycles. The van der Waals surface area contributed by atoms with Crippen molar-refractivity contribution >= 4 is 22.8 Å². The van der Waals surface area contributed by atoms with Gasteiger partial charge in [-0.15, -0.1) is 0 Å². The van der Waals surface area contributed by atoms with Crippen molar-refractivity contribution in [1.29, 1.82) is 0 Å². The Bertz CT molecular complexity index is 1020. The van der Waals surface area contributed by atoms with Gasteiger partial charge in [-0.25, -0.2) is 4.98 Å². The Balaban J connectivity index is 1.71. The minimum absolute atomic E-state index is 0.156. The molecule has 0 saturated carbocycles. The fourth-order valence-corrected chi connectivity index (χ4v) is 2.61. The molecule has 0 aliphatic rings. The molecular weight excluding hydrogens is 362 g/mol. The lowest BCUT2D eigenvalue weighted by atomic mass is 10.1. The third kappa shape index (κ3) is 4.57. The van der Waals surface area contributed by atoms with Crippen LogP contribution in [0.1, 0.15) is 28.7 Å². The van der Waals surface area contributed by atoms with Crippen molar-refractivity contribution in [2.45, 2.75) is 20.1 Å². The summed E-state index contributed by atoms with van der Waals surface area (Å²) in [6, 6.07) is 11.7. The van der Waals surface area contributed by atoms with Gasteiger partial charge in [-0.1, -0.05) is 12.1 Å². The van der Waals surface area contributed by atoms with Gasteiger partial charge in [-0.3, -0.25) is 19.6 Å². The van der Waals surface area contributed by atoms with Gasteiger partial charge in [0.25, 0.3) is 5.69 Å². The number of nitro benzene ring substituents is 1. The molecule has 144 valence electrons. The van der Waals surface area contributed by atoms with E-state index in [9.17, 15) is 14.9 Å². The van der Waals surface area contributed by atoms with E-state index in [1.165, 1.54) is 25.4 Å². The zero-order valence-corrected chi connectivity index (χ0v) is 15.5. The molecule has 0 saturated heterocycles. The Hall–Kier alpha value is -3.59. The van der Waals surface area contributed by atoms with E-state index in [1.54, 1.807) is 23.9 Å². The van der Waals surface area contributed by atoms with Crippen LogP contribution in [0.5, 0.6) is 0 Å². The first-order chi connectivity index (χ1) is 13.4. The van der Waals surface area contributed by atoms with Crippen LogP contribution in [0.2, 0.25) is 0 Å². The number of rotatable bonds is 8. The highest BCUT2D eigenvalue weighted by molar-refractivity contribution is 5.95. The molecule has 0 unspecified atom stereocenters. The minimum atomic E-state index is -0.511. The first-order valence-electron chi connectivity index (χ1n) is 8.50. The van der Waals surface area contributed by atoms with Crippen molar-refractivity contribution in [2.75, 3.05) is 5.32 Å². The highest BCUT2D eigenvalue weighted by atomic mass is 16.6. The number of Topliss-reactive ketones (excluding diaryl/α,β-unsaturated/α-hetero) is 1. The van der Waals surface area contributed by atoms with E-state index in [4.69, 9.17) is 4.74 Å². The van der Waals surface area contributed by atoms with Gasteiger partial charge in [0.1, 0.15) is 18.6 Å². The van der Waals surface area contributed by atoms with Crippen LogP contribution in [-0.2, 0) is 25.0 Å². The van der Waals surface area contributed by atoms with Gasteiger partial charge >= 0.3 is 0 Å². The van der Waals surface area contributed by atoms with Crippen molar-refractivity contribution in [3.63, 3.8) is 0 Å². The number of aromatic nitrogens is 3. The summed E-state index contributed by atoms with van der Waals surface area (Å²) in [5, 5.41) is 18.4. The van der Waals surface area contributed by atoms with Gasteiger partial charge in [-0.05, 0) is 36.8 Å². The van der Waals surface area contributed by atoms with Gasteiger partial charge in [-0.2, -0.15) is 5.10 Å². The molecule has 1 N–H and O–H groups in total. The number of ketones is 1. The summed E-state index contributed by atoms with van der Waals surface area (Å²) < 4.78 is 7.30. The lowest BCUT2D eigenvalue weighted by molar-refractivity contribution is -0.383. The number of benzene rings is 2. The van der Waals surface area contributed by atoms with Gasteiger partial charge in [0.15, 0.2) is 11.6 Å². The summed E-state index contributed by atoms with van der Waals surface area (Å²) in [7, 11) is 1.79. The highest BCUT2D eigenvalue weighted by Gasteiger charge is 2.16. The van der Waals surface area contributed by atoms with Crippen LogP contribution in [0, 0.1) is 10.1 Å². The summed E-state index contributed by atoms with van der Waals surface area (Å²) in [4.78, 5) is 26.4. The van der Waals surface area contributed by atoms with Crippen molar-refractivity contribution < 1.29 is 14.5 Å². The second kappa shape index (κ2) is 8.40. The van der Waals surface area contributed by atoms with Crippen LogP contribution in [0.15, 0.2) is 48.8 Å². The van der Waals surface area contributed by atoms with Crippen LogP contribution in [0.4, 0.5) is 17.1 Å². The molecule has 0 spiro atoms. The molecule has 1 aromatic heterocycles. The minimum Gasteiger partial charge on any atom is -0.369 e. The van der Waals surface area contributed by atoms with Crippen molar-refractivity contribution in [3.8, 4) is 0 Å². The van der Waals surface area contributed by atoms with Crippen LogP contribution < -0.4 is 5.32 Å². The SMILES string of the molecule is CC(=O)c1ccc(Nc2cccc(COCc3ncnn3C)c2)c([N+](=O)[O-])c1. The van der Waals surface area contributed by atoms with Crippen LogP contribution in [-0.4, -0.2) is 25.5 Å². The monoisotopic (exact) mass is 381 g/mol. The van der Waals surface area contributed by atoms with E-state index in [2.05, 4.69) is 15.4 Å². The molecule has 3 rings (SSSR count). The summed E-state index contributed by atoms with van der Waals surface area (Å²) in [6.45, 7) is 2.05. The van der Waals surface area contributed by atoms with Crippen molar-refractivity contribution in [2.24, 2.45) is 7.05 Å². The number of hydrogen-bond acceptors (Lipinski definition) is 7. The Labute approximate surface area is 161 Å². The zero-order chi connectivity index (χ0) is 20.1. The highest BCUT2D eigenvalue weighted by Crippen LogP contribution is 2.29. The summed E-state index contributed by atoms with van der Waals surface area (Å²) >= 11 is 0. The molecule has 2 aromatic carbocycles. The van der Waals surface area contributed by atoms with Gasteiger partial charge in [0.05, 0.1) is 11.5 Å². The number of carbonyl (C=O) groups excluding carboxylic acids is 1. The van der Waals surface area contributed by atoms with Crippen molar-refractivity contribution in [3.05, 3.63) is 75.9 Å². The topological polar surface area (TPSA) is 112 Å². The largest absolute Gasteiger partial charge is 0.369 e. The molecule has 28 heavy (non-hydrogen) atoms. The maximum atomic E-state index is 11.5. The van der Waals surface area contributed by atoms with Crippen molar-refractivity contribution in [1.82, 2.24) is 14.8 Å². The van der Waals surface area contributed by atoms with E-state index in [0.29, 0.717) is 30.2 Å². The van der Waals surface area contributed by atoms with E-state index < -0.39 is 4.92 Å². The molecular formula is C19H19N5O4.